The Kier molecular flexibility index (Phi) is 4.42. The van der Waals surface area contributed by atoms with Crippen molar-refractivity contribution in [3.05, 3.63) is 11.7 Å². The van der Waals surface area contributed by atoms with Crippen LogP contribution in [0.15, 0.2) is 4.52 Å². The lowest BCUT2D eigenvalue weighted by Crippen LogP contribution is -2.15. The minimum Gasteiger partial charge on any atom is -0.392 e. The molecule has 17 heavy (non-hydrogen) atoms. The van der Waals surface area contributed by atoms with Gasteiger partial charge in [0.25, 0.3) is 0 Å². The number of rotatable bonds is 5. The second-order valence-electron chi connectivity index (χ2n) is 4.81. The van der Waals surface area contributed by atoms with Gasteiger partial charge in [-0.15, -0.1) is 0 Å². The molecule has 0 aromatic carbocycles. The summed E-state index contributed by atoms with van der Waals surface area (Å²) in [5.41, 5.74) is 0. The molecule has 2 atom stereocenters. The molecule has 0 radical (unpaired) electrons. The summed E-state index contributed by atoms with van der Waals surface area (Å²) in [5.74, 6) is 3.91. The lowest BCUT2D eigenvalue weighted by atomic mass is 10.2. The molecule has 6 heteroatoms. The molecule has 2 rings (SSSR count). The zero-order valence-electron chi connectivity index (χ0n) is 10.2. The molecular formula is C11H19N3O2S. The second-order valence-corrected chi connectivity index (χ2v) is 5.84. The lowest BCUT2D eigenvalue weighted by Gasteiger charge is -2.02. The Balaban J connectivity index is 1.83. The van der Waals surface area contributed by atoms with Gasteiger partial charge in [-0.05, 0) is 18.1 Å². The third-order valence-electron chi connectivity index (χ3n) is 2.57. The fourth-order valence-corrected chi connectivity index (χ4v) is 2.65. The molecule has 0 aliphatic carbocycles. The van der Waals surface area contributed by atoms with Crippen LogP contribution < -0.4 is 5.32 Å². The van der Waals surface area contributed by atoms with Crippen molar-refractivity contribution >= 4 is 11.8 Å². The van der Waals surface area contributed by atoms with E-state index in [0.717, 1.165) is 17.3 Å². The van der Waals surface area contributed by atoms with E-state index < -0.39 is 0 Å². The molecule has 2 N–H and O–H groups in total. The maximum Gasteiger partial charge on any atom is 0.243 e. The number of nitrogens with one attached hydrogen (secondary N) is 1. The highest BCUT2D eigenvalue weighted by Gasteiger charge is 2.27. The van der Waals surface area contributed by atoms with Crippen LogP contribution in [-0.2, 0) is 5.75 Å². The quantitative estimate of drug-likeness (QED) is 0.830. The number of nitrogens with zero attached hydrogens (tertiary/aromatic N) is 2. The van der Waals surface area contributed by atoms with E-state index >= 15 is 0 Å². The van der Waals surface area contributed by atoms with Gasteiger partial charge in [0.1, 0.15) is 0 Å². The van der Waals surface area contributed by atoms with Crippen molar-refractivity contribution in [1.82, 2.24) is 15.5 Å². The molecular weight excluding hydrogens is 238 g/mol. The van der Waals surface area contributed by atoms with Crippen LogP contribution in [0.25, 0.3) is 0 Å². The molecule has 0 spiro atoms. The van der Waals surface area contributed by atoms with Crippen LogP contribution >= 0.6 is 11.8 Å². The van der Waals surface area contributed by atoms with Gasteiger partial charge in [-0.1, -0.05) is 19.0 Å². The molecule has 1 fully saturated rings. The maximum absolute atomic E-state index is 9.41. The van der Waals surface area contributed by atoms with Crippen molar-refractivity contribution in [2.45, 2.75) is 38.2 Å². The maximum atomic E-state index is 9.41. The highest BCUT2D eigenvalue weighted by molar-refractivity contribution is 7.98. The highest BCUT2D eigenvalue weighted by atomic mass is 32.2. The zero-order chi connectivity index (χ0) is 12.3. The van der Waals surface area contributed by atoms with Gasteiger partial charge in [0.05, 0.1) is 17.9 Å². The Labute approximate surface area is 105 Å². The normalized spacial score (nSPS) is 24.7. The predicted molar refractivity (Wildman–Crippen MR) is 66.7 cm³/mol. The third kappa shape index (κ3) is 3.69. The van der Waals surface area contributed by atoms with E-state index in [9.17, 15) is 5.11 Å². The third-order valence-corrected chi connectivity index (χ3v) is 3.94. The van der Waals surface area contributed by atoms with E-state index in [1.165, 1.54) is 0 Å². The molecule has 0 unspecified atom stereocenters. The number of hydrogen-bond donors (Lipinski definition) is 2. The second kappa shape index (κ2) is 5.84. The summed E-state index contributed by atoms with van der Waals surface area (Å²) in [4.78, 5) is 4.35. The van der Waals surface area contributed by atoms with Crippen LogP contribution in [0, 0.1) is 5.92 Å². The molecule has 2 heterocycles. The van der Waals surface area contributed by atoms with Crippen molar-refractivity contribution in [2.75, 3.05) is 12.3 Å². The van der Waals surface area contributed by atoms with Gasteiger partial charge < -0.3 is 14.9 Å². The van der Waals surface area contributed by atoms with Gasteiger partial charge in [0.15, 0.2) is 5.82 Å². The molecule has 0 saturated carbocycles. The molecule has 1 aliphatic heterocycles. The molecule has 5 nitrogen and oxygen atoms in total. The van der Waals surface area contributed by atoms with Gasteiger partial charge >= 0.3 is 0 Å². The van der Waals surface area contributed by atoms with Crippen molar-refractivity contribution in [3.8, 4) is 0 Å². The van der Waals surface area contributed by atoms with Crippen LogP contribution in [0.3, 0.4) is 0 Å². The Morgan fingerprint density at radius 1 is 1.59 bits per heavy atom. The average Bonchev–Trinajstić information content (AvgIpc) is 2.86. The van der Waals surface area contributed by atoms with Crippen LogP contribution in [0.1, 0.15) is 38.0 Å². The van der Waals surface area contributed by atoms with Crippen molar-refractivity contribution in [1.29, 1.82) is 0 Å². The van der Waals surface area contributed by atoms with Crippen LogP contribution in [0.5, 0.6) is 0 Å². The number of thioether (sulfide) groups is 1. The van der Waals surface area contributed by atoms with Gasteiger partial charge in [-0.3, -0.25) is 0 Å². The summed E-state index contributed by atoms with van der Waals surface area (Å²) in [5, 5.41) is 16.5. The fourth-order valence-electron chi connectivity index (χ4n) is 1.76. The smallest absolute Gasteiger partial charge is 0.243 e. The molecule has 0 amide bonds. The summed E-state index contributed by atoms with van der Waals surface area (Å²) in [7, 11) is 0. The number of aliphatic hydroxyl groups is 1. The van der Waals surface area contributed by atoms with E-state index in [2.05, 4.69) is 29.3 Å². The number of β-amino-alcohol motifs (C(OH)–C–C–N with tert-alkyl or cyclic N) is 1. The highest BCUT2D eigenvalue weighted by Crippen LogP contribution is 2.22. The summed E-state index contributed by atoms with van der Waals surface area (Å²) in [6, 6.07) is 0.0151. The Morgan fingerprint density at radius 2 is 2.41 bits per heavy atom. The van der Waals surface area contributed by atoms with Crippen LogP contribution in [0.2, 0.25) is 0 Å². The Hall–Kier alpha value is -0.590. The number of hydrogen-bond acceptors (Lipinski definition) is 6. The molecule has 96 valence electrons. The van der Waals surface area contributed by atoms with E-state index in [4.69, 9.17) is 4.52 Å². The molecule has 1 aliphatic rings. The molecule has 1 aromatic heterocycles. The number of aromatic nitrogens is 2. The SMILES string of the molecule is CC(C)CSCc1noc([C@@H]2C[C@H](O)CN2)n1. The summed E-state index contributed by atoms with van der Waals surface area (Å²) in [6.45, 7) is 4.99. The average molecular weight is 257 g/mol. The van der Waals surface area contributed by atoms with Gasteiger partial charge in [0, 0.05) is 6.54 Å². The monoisotopic (exact) mass is 257 g/mol. The first kappa shape index (κ1) is 12.9. The molecule has 1 aromatic rings. The molecule has 1 saturated heterocycles. The topological polar surface area (TPSA) is 71.2 Å². The minimum absolute atomic E-state index is 0.0151. The zero-order valence-corrected chi connectivity index (χ0v) is 11.0. The Morgan fingerprint density at radius 3 is 3.06 bits per heavy atom. The largest absolute Gasteiger partial charge is 0.392 e. The van der Waals surface area contributed by atoms with Crippen molar-refractivity contribution in [2.24, 2.45) is 5.92 Å². The van der Waals surface area contributed by atoms with Crippen LogP contribution in [-0.4, -0.2) is 33.6 Å². The lowest BCUT2D eigenvalue weighted by molar-refractivity contribution is 0.191. The predicted octanol–water partition coefficient (Wildman–Crippen LogP) is 1.35. The first-order valence-electron chi connectivity index (χ1n) is 5.97. The van der Waals surface area contributed by atoms with E-state index in [-0.39, 0.29) is 12.1 Å². The summed E-state index contributed by atoms with van der Waals surface area (Å²) >= 11 is 1.82. The first-order valence-corrected chi connectivity index (χ1v) is 7.12. The first-order chi connectivity index (χ1) is 8.15. The van der Waals surface area contributed by atoms with Crippen molar-refractivity contribution in [3.63, 3.8) is 0 Å². The fraction of sp³-hybridized carbons (Fsp3) is 0.818. The standard InChI is InChI=1S/C11H19N3O2S/c1-7(2)5-17-6-10-13-11(16-14-10)9-3-8(15)4-12-9/h7-9,12,15H,3-6H2,1-2H3/t8-,9-/m0/s1. The van der Waals surface area contributed by atoms with E-state index in [1.54, 1.807) is 0 Å². The van der Waals surface area contributed by atoms with Crippen LogP contribution in [0.4, 0.5) is 0 Å². The number of aliphatic hydroxyl groups excluding tert-OH is 1. The molecule has 0 bridgehead atoms. The Bertz CT molecular complexity index is 356. The van der Waals surface area contributed by atoms with Gasteiger partial charge in [-0.2, -0.15) is 16.7 Å². The van der Waals surface area contributed by atoms with E-state index in [0.29, 0.717) is 24.8 Å². The van der Waals surface area contributed by atoms with E-state index in [1.807, 2.05) is 11.8 Å². The van der Waals surface area contributed by atoms with Gasteiger partial charge in [-0.25, -0.2) is 0 Å². The van der Waals surface area contributed by atoms with Gasteiger partial charge in [0.2, 0.25) is 5.89 Å². The summed E-state index contributed by atoms with van der Waals surface area (Å²) < 4.78 is 5.21. The van der Waals surface area contributed by atoms with Crippen molar-refractivity contribution < 1.29 is 9.63 Å². The minimum atomic E-state index is -0.300. The summed E-state index contributed by atoms with van der Waals surface area (Å²) in [6.07, 6.45) is 0.353.